The lowest BCUT2D eigenvalue weighted by molar-refractivity contribution is 0.245. The molecule has 1 unspecified atom stereocenters. The van der Waals surface area contributed by atoms with Crippen LogP contribution >= 0.6 is 0 Å². The van der Waals surface area contributed by atoms with E-state index in [9.17, 15) is 0 Å². The highest BCUT2D eigenvalue weighted by molar-refractivity contribution is 5.76. The number of aromatic nitrogens is 7. The SMILES string of the molecule is CCn1ncc(-c2ccc3c(c2)OCCn2cc(-c4nc(C)nn4C(C)C)nc2-3)c1C1CCCN(C)C1. The number of nitrogens with zero attached hydrogens (tertiary/aromatic N) is 8. The summed E-state index contributed by atoms with van der Waals surface area (Å²) in [5.74, 6) is 3.82. The zero-order valence-corrected chi connectivity index (χ0v) is 22.5. The Hall–Kier alpha value is -3.46. The van der Waals surface area contributed by atoms with Crippen LogP contribution < -0.4 is 4.74 Å². The van der Waals surface area contributed by atoms with Crippen LogP contribution in [0.25, 0.3) is 34.0 Å². The van der Waals surface area contributed by atoms with Gasteiger partial charge < -0.3 is 14.2 Å². The summed E-state index contributed by atoms with van der Waals surface area (Å²) < 4.78 is 12.6. The van der Waals surface area contributed by atoms with Gasteiger partial charge in [0.2, 0.25) is 0 Å². The molecule has 9 heteroatoms. The normalized spacial score (nSPS) is 17.9. The van der Waals surface area contributed by atoms with E-state index in [1.165, 1.54) is 30.6 Å². The van der Waals surface area contributed by atoms with Crippen LogP contribution in [0, 0.1) is 6.92 Å². The fraction of sp³-hybridized carbons (Fsp3) is 0.500. The number of likely N-dealkylation sites (N-methyl/N-ethyl adjacent to an activating group) is 1. The van der Waals surface area contributed by atoms with Crippen molar-refractivity contribution >= 4 is 0 Å². The predicted octanol–water partition coefficient (Wildman–Crippen LogP) is 4.78. The van der Waals surface area contributed by atoms with Gasteiger partial charge >= 0.3 is 0 Å². The third-order valence-corrected chi connectivity index (χ3v) is 7.55. The molecule has 5 heterocycles. The zero-order chi connectivity index (χ0) is 25.7. The van der Waals surface area contributed by atoms with Gasteiger partial charge in [-0.2, -0.15) is 10.2 Å². The number of ether oxygens (including phenoxy) is 1. The van der Waals surface area contributed by atoms with Crippen LogP contribution in [-0.2, 0) is 13.1 Å². The molecule has 2 aliphatic heterocycles. The molecule has 1 aromatic carbocycles. The van der Waals surface area contributed by atoms with E-state index in [0.717, 1.165) is 59.7 Å². The molecule has 6 rings (SSSR count). The van der Waals surface area contributed by atoms with Crippen molar-refractivity contribution in [2.45, 2.75) is 65.6 Å². The monoisotopic (exact) mass is 500 g/mol. The standard InChI is InChI=1S/C28H36N8O/c1-6-35-26(21-8-7-11-33(5)16-21)23(15-29-35)20-9-10-22-25(14-20)37-13-12-34-17-24(31-27(22)34)28-30-19(4)32-36(28)18(2)3/h9-10,14-15,17-18,21H,6-8,11-13,16H2,1-5H3. The molecule has 1 saturated heterocycles. The van der Waals surface area contributed by atoms with Crippen molar-refractivity contribution in [3.8, 4) is 39.8 Å². The summed E-state index contributed by atoms with van der Waals surface area (Å²) >= 11 is 0. The minimum absolute atomic E-state index is 0.207. The van der Waals surface area contributed by atoms with Gasteiger partial charge in [-0.15, -0.1) is 0 Å². The van der Waals surface area contributed by atoms with Gasteiger partial charge in [0.25, 0.3) is 0 Å². The van der Waals surface area contributed by atoms with Gasteiger partial charge in [-0.05, 0) is 71.8 Å². The maximum Gasteiger partial charge on any atom is 0.178 e. The average Bonchev–Trinajstić information content (AvgIpc) is 3.58. The number of fused-ring (bicyclic) bond motifs is 3. The predicted molar refractivity (Wildman–Crippen MR) is 144 cm³/mol. The first-order valence-corrected chi connectivity index (χ1v) is 13.5. The number of rotatable bonds is 5. The van der Waals surface area contributed by atoms with E-state index in [0.29, 0.717) is 12.5 Å². The van der Waals surface area contributed by atoms with Gasteiger partial charge in [-0.25, -0.2) is 14.6 Å². The zero-order valence-electron chi connectivity index (χ0n) is 22.5. The van der Waals surface area contributed by atoms with Crippen LogP contribution in [-0.4, -0.2) is 65.7 Å². The van der Waals surface area contributed by atoms with E-state index in [-0.39, 0.29) is 6.04 Å². The summed E-state index contributed by atoms with van der Waals surface area (Å²) in [6, 6.07) is 6.72. The smallest absolute Gasteiger partial charge is 0.178 e. The highest BCUT2D eigenvalue weighted by atomic mass is 16.5. The molecule has 0 bridgehead atoms. The molecule has 0 aliphatic carbocycles. The van der Waals surface area contributed by atoms with E-state index < -0.39 is 0 Å². The van der Waals surface area contributed by atoms with E-state index in [1.807, 2.05) is 17.8 Å². The Kier molecular flexibility index (Phi) is 6.10. The second kappa shape index (κ2) is 9.45. The average molecular weight is 501 g/mol. The van der Waals surface area contributed by atoms with Gasteiger partial charge in [0, 0.05) is 36.8 Å². The maximum absolute atomic E-state index is 6.27. The van der Waals surface area contributed by atoms with E-state index >= 15 is 0 Å². The lowest BCUT2D eigenvalue weighted by Gasteiger charge is -2.30. The van der Waals surface area contributed by atoms with Crippen molar-refractivity contribution in [1.82, 2.24) is 39.0 Å². The number of likely N-dealkylation sites (tertiary alicyclic amines) is 1. The summed E-state index contributed by atoms with van der Waals surface area (Å²) in [5.41, 5.74) is 5.55. The molecule has 9 nitrogen and oxygen atoms in total. The molecule has 0 amide bonds. The first-order valence-electron chi connectivity index (χ1n) is 13.5. The summed E-state index contributed by atoms with van der Waals surface area (Å²) in [4.78, 5) is 12.2. The van der Waals surface area contributed by atoms with Crippen LogP contribution in [0.1, 0.15) is 57.1 Å². The second-order valence-electron chi connectivity index (χ2n) is 10.6. The fourth-order valence-electron chi connectivity index (χ4n) is 5.81. The molecule has 4 aromatic rings. The number of hydrogen-bond acceptors (Lipinski definition) is 6. The number of aryl methyl sites for hydroxylation is 2. The molecule has 3 aromatic heterocycles. The van der Waals surface area contributed by atoms with Gasteiger partial charge in [0.05, 0.1) is 24.0 Å². The van der Waals surface area contributed by atoms with E-state index in [4.69, 9.17) is 14.8 Å². The summed E-state index contributed by atoms with van der Waals surface area (Å²) in [6.45, 7) is 12.8. The largest absolute Gasteiger partial charge is 0.491 e. The van der Waals surface area contributed by atoms with Crippen LogP contribution in [0.2, 0.25) is 0 Å². The first-order chi connectivity index (χ1) is 17.9. The van der Waals surface area contributed by atoms with Crippen LogP contribution in [0.4, 0.5) is 0 Å². The van der Waals surface area contributed by atoms with Crippen LogP contribution in [0.15, 0.2) is 30.6 Å². The van der Waals surface area contributed by atoms with E-state index in [1.54, 1.807) is 0 Å². The van der Waals surface area contributed by atoms with Gasteiger partial charge in [-0.1, -0.05) is 6.07 Å². The van der Waals surface area contributed by atoms with Crippen molar-refractivity contribution < 1.29 is 4.74 Å². The first kappa shape index (κ1) is 23.9. The highest BCUT2D eigenvalue weighted by Crippen LogP contribution is 2.40. The van der Waals surface area contributed by atoms with E-state index in [2.05, 4.69) is 76.4 Å². The number of imidazole rings is 1. The highest BCUT2D eigenvalue weighted by Gasteiger charge is 2.27. The Morgan fingerprint density at radius 3 is 2.76 bits per heavy atom. The molecule has 1 atom stereocenters. The van der Waals surface area contributed by atoms with Crippen molar-refractivity contribution in [1.29, 1.82) is 0 Å². The molecule has 2 aliphatic rings. The Morgan fingerprint density at radius 1 is 1.11 bits per heavy atom. The minimum Gasteiger partial charge on any atom is -0.491 e. The number of piperidine rings is 1. The third-order valence-electron chi connectivity index (χ3n) is 7.55. The van der Waals surface area contributed by atoms with Gasteiger partial charge in [-0.3, -0.25) is 4.68 Å². The molecule has 0 saturated carbocycles. The second-order valence-corrected chi connectivity index (χ2v) is 10.6. The summed E-state index contributed by atoms with van der Waals surface area (Å²) in [7, 11) is 2.22. The van der Waals surface area contributed by atoms with Gasteiger partial charge in [0.15, 0.2) is 5.82 Å². The molecule has 0 N–H and O–H groups in total. The Balaban J connectivity index is 1.40. The minimum atomic E-state index is 0.207. The third kappa shape index (κ3) is 4.25. The van der Waals surface area contributed by atoms with Gasteiger partial charge in [0.1, 0.15) is 29.7 Å². The lowest BCUT2D eigenvalue weighted by atomic mass is 9.90. The summed E-state index contributed by atoms with van der Waals surface area (Å²) in [5, 5.41) is 9.35. The molecule has 194 valence electrons. The molecular weight excluding hydrogens is 464 g/mol. The lowest BCUT2D eigenvalue weighted by Crippen LogP contribution is -2.32. The Morgan fingerprint density at radius 2 is 1.97 bits per heavy atom. The van der Waals surface area contributed by atoms with Crippen molar-refractivity contribution in [2.24, 2.45) is 0 Å². The Bertz CT molecular complexity index is 1430. The number of benzene rings is 1. The van der Waals surface area contributed by atoms with Crippen molar-refractivity contribution in [3.05, 3.63) is 42.1 Å². The number of hydrogen-bond donors (Lipinski definition) is 0. The molecule has 0 spiro atoms. The molecule has 37 heavy (non-hydrogen) atoms. The fourth-order valence-corrected chi connectivity index (χ4v) is 5.81. The molecule has 0 radical (unpaired) electrons. The van der Waals surface area contributed by atoms with Crippen LogP contribution in [0.5, 0.6) is 5.75 Å². The van der Waals surface area contributed by atoms with Crippen molar-refractivity contribution in [3.63, 3.8) is 0 Å². The maximum atomic E-state index is 6.27. The topological polar surface area (TPSA) is 78.8 Å². The Labute approximate surface area is 218 Å². The molecule has 1 fully saturated rings. The van der Waals surface area contributed by atoms with Crippen molar-refractivity contribution in [2.75, 3.05) is 26.7 Å². The summed E-state index contributed by atoms with van der Waals surface area (Å²) in [6.07, 6.45) is 6.53. The molecular formula is C28H36N8O. The quantitative estimate of drug-likeness (QED) is 0.392. The van der Waals surface area contributed by atoms with Crippen LogP contribution in [0.3, 0.4) is 0 Å².